The molecule has 150 valence electrons. The van der Waals surface area contributed by atoms with Crippen LogP contribution in [0.25, 0.3) is 0 Å². The molecule has 6 nitrogen and oxygen atoms in total. The fourth-order valence-corrected chi connectivity index (χ4v) is 4.14. The highest BCUT2D eigenvalue weighted by atomic mass is 16.5. The predicted octanol–water partition coefficient (Wildman–Crippen LogP) is 4.50. The Balaban J connectivity index is 1.51. The van der Waals surface area contributed by atoms with Crippen molar-refractivity contribution in [3.63, 3.8) is 0 Å². The van der Waals surface area contributed by atoms with Crippen LogP contribution in [0.15, 0.2) is 30.3 Å². The Morgan fingerprint density at radius 1 is 0.964 bits per heavy atom. The molecule has 1 aliphatic heterocycles. The van der Waals surface area contributed by atoms with Gasteiger partial charge >= 0.3 is 0 Å². The van der Waals surface area contributed by atoms with E-state index in [1.165, 1.54) is 44.2 Å². The van der Waals surface area contributed by atoms with Crippen molar-refractivity contribution in [3.8, 4) is 0 Å². The fourth-order valence-electron chi connectivity index (χ4n) is 4.14. The summed E-state index contributed by atoms with van der Waals surface area (Å²) in [4.78, 5) is 11.6. The topological polar surface area (TPSA) is 62.3 Å². The highest BCUT2D eigenvalue weighted by molar-refractivity contribution is 5.75. The molecule has 0 atom stereocenters. The van der Waals surface area contributed by atoms with E-state index in [2.05, 4.69) is 49.8 Å². The average molecular weight is 382 g/mol. The fraction of sp³-hybridized carbons (Fsp3) is 0.545. The van der Waals surface area contributed by atoms with Gasteiger partial charge in [-0.3, -0.25) is 0 Å². The van der Waals surface area contributed by atoms with E-state index in [4.69, 9.17) is 4.74 Å². The number of hydrogen-bond acceptors (Lipinski definition) is 6. The number of para-hydroxylation sites is 2. The third-order valence-corrected chi connectivity index (χ3v) is 5.56. The number of ether oxygens (including phenoxy) is 1. The van der Waals surface area contributed by atoms with Crippen molar-refractivity contribution in [2.24, 2.45) is 0 Å². The zero-order valence-corrected chi connectivity index (χ0v) is 16.8. The highest BCUT2D eigenvalue weighted by Crippen LogP contribution is 2.29. The van der Waals surface area contributed by atoms with Gasteiger partial charge in [-0.15, -0.1) is 0 Å². The molecular formula is C22H31N5O. The van der Waals surface area contributed by atoms with Gasteiger partial charge in [0, 0.05) is 25.2 Å². The number of hydrogen-bond donors (Lipinski definition) is 2. The lowest BCUT2D eigenvalue weighted by atomic mass is 10.1. The van der Waals surface area contributed by atoms with Crippen LogP contribution < -0.4 is 15.5 Å². The summed E-state index contributed by atoms with van der Waals surface area (Å²) in [6.07, 6.45) is 7.77. The van der Waals surface area contributed by atoms with Crippen molar-refractivity contribution in [1.82, 2.24) is 9.97 Å². The number of nitrogens with one attached hydrogen (secondary N) is 2. The van der Waals surface area contributed by atoms with E-state index in [0.717, 1.165) is 49.5 Å². The number of morpholine rings is 1. The van der Waals surface area contributed by atoms with E-state index in [9.17, 15) is 0 Å². The van der Waals surface area contributed by atoms with Crippen LogP contribution in [-0.2, 0) is 4.74 Å². The minimum atomic E-state index is 0.519. The molecule has 2 aliphatic rings. The second kappa shape index (κ2) is 9.24. The van der Waals surface area contributed by atoms with Crippen LogP contribution in [0.1, 0.15) is 44.3 Å². The lowest BCUT2D eigenvalue weighted by Gasteiger charge is -2.30. The van der Waals surface area contributed by atoms with Crippen LogP contribution in [0.3, 0.4) is 0 Å². The molecule has 2 aromatic rings. The first-order valence-corrected chi connectivity index (χ1v) is 10.6. The normalized spacial score (nSPS) is 18.5. The standard InChI is InChI=1S/C22H31N5O/c1-17-23-21(25-18-8-4-2-3-5-9-18)16-22(24-17)26-19-10-6-7-11-20(19)27-12-14-28-15-13-27/h6-7,10-11,16,18H,2-5,8-9,12-15H2,1H3,(H2,23,24,25,26). The zero-order valence-electron chi connectivity index (χ0n) is 16.8. The largest absolute Gasteiger partial charge is 0.378 e. The molecule has 0 bridgehead atoms. The first kappa shape index (κ1) is 19.0. The summed E-state index contributed by atoms with van der Waals surface area (Å²) in [5.41, 5.74) is 2.27. The molecular weight excluding hydrogens is 350 g/mol. The minimum absolute atomic E-state index is 0.519. The third-order valence-electron chi connectivity index (χ3n) is 5.56. The van der Waals surface area contributed by atoms with Crippen LogP contribution in [0.4, 0.5) is 23.0 Å². The van der Waals surface area contributed by atoms with Gasteiger partial charge in [0.05, 0.1) is 24.6 Å². The van der Waals surface area contributed by atoms with Crippen molar-refractivity contribution in [1.29, 1.82) is 0 Å². The molecule has 0 spiro atoms. The molecule has 0 unspecified atom stereocenters. The number of aromatic nitrogens is 2. The van der Waals surface area contributed by atoms with Crippen molar-refractivity contribution < 1.29 is 4.74 Å². The molecule has 28 heavy (non-hydrogen) atoms. The van der Waals surface area contributed by atoms with Gasteiger partial charge in [0.1, 0.15) is 17.5 Å². The molecule has 0 radical (unpaired) electrons. The number of anilines is 4. The van der Waals surface area contributed by atoms with Crippen molar-refractivity contribution >= 4 is 23.0 Å². The lowest BCUT2D eigenvalue weighted by Crippen LogP contribution is -2.36. The Bertz CT molecular complexity index is 767. The quantitative estimate of drug-likeness (QED) is 0.744. The highest BCUT2D eigenvalue weighted by Gasteiger charge is 2.16. The van der Waals surface area contributed by atoms with Crippen molar-refractivity contribution in [2.45, 2.75) is 51.5 Å². The zero-order chi connectivity index (χ0) is 19.2. The Morgan fingerprint density at radius 2 is 1.68 bits per heavy atom. The van der Waals surface area contributed by atoms with Gasteiger partial charge in [-0.2, -0.15) is 0 Å². The number of nitrogens with zero attached hydrogens (tertiary/aromatic N) is 3. The number of aryl methyl sites for hydroxylation is 1. The van der Waals surface area contributed by atoms with E-state index in [1.54, 1.807) is 0 Å². The number of benzene rings is 1. The maximum Gasteiger partial charge on any atom is 0.136 e. The van der Waals surface area contributed by atoms with Crippen LogP contribution in [0, 0.1) is 6.92 Å². The summed E-state index contributed by atoms with van der Waals surface area (Å²) in [5.74, 6) is 2.54. The first-order chi connectivity index (χ1) is 13.8. The maximum absolute atomic E-state index is 5.50. The maximum atomic E-state index is 5.50. The summed E-state index contributed by atoms with van der Waals surface area (Å²) < 4.78 is 5.50. The molecule has 1 saturated carbocycles. The molecule has 1 aliphatic carbocycles. The molecule has 6 heteroatoms. The molecule has 2 heterocycles. The van der Waals surface area contributed by atoms with Crippen LogP contribution in [0.2, 0.25) is 0 Å². The second-order valence-electron chi connectivity index (χ2n) is 7.76. The minimum Gasteiger partial charge on any atom is -0.378 e. The smallest absolute Gasteiger partial charge is 0.136 e. The molecule has 0 amide bonds. The molecule has 1 aromatic carbocycles. The summed E-state index contributed by atoms with van der Waals surface area (Å²) in [5, 5.41) is 7.17. The first-order valence-electron chi connectivity index (χ1n) is 10.6. The van der Waals surface area contributed by atoms with E-state index < -0.39 is 0 Å². The van der Waals surface area contributed by atoms with Gasteiger partial charge < -0.3 is 20.3 Å². The van der Waals surface area contributed by atoms with Crippen molar-refractivity contribution in [2.75, 3.05) is 41.8 Å². The Hall–Kier alpha value is -2.34. The summed E-state index contributed by atoms with van der Waals surface area (Å²) in [6.45, 7) is 5.33. The van der Waals surface area contributed by atoms with Gasteiger partial charge in [-0.05, 0) is 31.9 Å². The molecule has 1 saturated heterocycles. The summed E-state index contributed by atoms with van der Waals surface area (Å²) >= 11 is 0. The van der Waals surface area contributed by atoms with Gasteiger partial charge in [-0.1, -0.05) is 37.8 Å². The van der Waals surface area contributed by atoms with Gasteiger partial charge in [0.15, 0.2) is 0 Å². The van der Waals surface area contributed by atoms with E-state index in [-0.39, 0.29) is 0 Å². The van der Waals surface area contributed by atoms with E-state index in [0.29, 0.717) is 6.04 Å². The predicted molar refractivity (Wildman–Crippen MR) is 115 cm³/mol. The SMILES string of the molecule is Cc1nc(Nc2ccccc2N2CCOCC2)cc(NC2CCCCCC2)n1. The number of rotatable bonds is 5. The Morgan fingerprint density at radius 3 is 2.46 bits per heavy atom. The van der Waals surface area contributed by atoms with E-state index >= 15 is 0 Å². The van der Waals surface area contributed by atoms with Gasteiger partial charge in [-0.25, -0.2) is 9.97 Å². The lowest BCUT2D eigenvalue weighted by molar-refractivity contribution is 0.123. The van der Waals surface area contributed by atoms with Crippen molar-refractivity contribution in [3.05, 3.63) is 36.2 Å². The molecule has 2 N–H and O–H groups in total. The van der Waals surface area contributed by atoms with E-state index in [1.807, 2.05) is 13.0 Å². The molecule has 1 aromatic heterocycles. The Labute approximate surface area is 167 Å². The molecule has 4 rings (SSSR count). The van der Waals surface area contributed by atoms with Crippen LogP contribution in [-0.4, -0.2) is 42.3 Å². The monoisotopic (exact) mass is 381 g/mol. The third kappa shape index (κ3) is 4.93. The van der Waals surface area contributed by atoms with Crippen LogP contribution >= 0.6 is 0 Å². The average Bonchev–Trinajstić information content (AvgIpc) is 2.97. The van der Waals surface area contributed by atoms with Gasteiger partial charge in [0.25, 0.3) is 0 Å². The Kier molecular flexibility index (Phi) is 6.27. The van der Waals surface area contributed by atoms with Gasteiger partial charge in [0.2, 0.25) is 0 Å². The second-order valence-corrected chi connectivity index (χ2v) is 7.76. The summed E-state index contributed by atoms with van der Waals surface area (Å²) in [7, 11) is 0. The molecule has 2 fully saturated rings. The summed E-state index contributed by atoms with van der Waals surface area (Å²) in [6, 6.07) is 11.0. The van der Waals surface area contributed by atoms with Crippen LogP contribution in [0.5, 0.6) is 0 Å².